The lowest BCUT2D eigenvalue weighted by Crippen LogP contribution is -2.25. The van der Waals surface area contributed by atoms with Crippen molar-refractivity contribution < 1.29 is 18.7 Å². The Kier molecular flexibility index (Phi) is 7.02. The average Bonchev–Trinajstić information content (AvgIpc) is 3.11. The molecule has 2 amide bonds. The van der Waals surface area contributed by atoms with Crippen molar-refractivity contribution in [2.75, 3.05) is 18.2 Å². The van der Waals surface area contributed by atoms with Gasteiger partial charge >= 0.3 is 0 Å². The van der Waals surface area contributed by atoms with E-state index in [0.29, 0.717) is 28.0 Å². The molecule has 0 fully saturated rings. The van der Waals surface area contributed by atoms with Crippen molar-refractivity contribution in [1.82, 2.24) is 20.1 Å². The zero-order valence-corrected chi connectivity index (χ0v) is 17.2. The number of nitrogens with zero attached hydrogens (tertiary/aromatic N) is 3. The topological polar surface area (TPSA) is 98.1 Å². The lowest BCUT2D eigenvalue weighted by Gasteiger charge is -2.09. The van der Waals surface area contributed by atoms with Crippen LogP contribution in [0.25, 0.3) is 0 Å². The van der Waals surface area contributed by atoms with Gasteiger partial charge in [-0.15, -0.1) is 10.2 Å². The molecule has 3 aromatic rings. The number of carbonyl (C=O) groups excluding carboxylic acids is 2. The van der Waals surface area contributed by atoms with E-state index in [4.69, 9.17) is 4.74 Å². The molecule has 0 saturated heterocycles. The van der Waals surface area contributed by atoms with Gasteiger partial charge in [0.25, 0.3) is 5.91 Å². The highest BCUT2D eigenvalue weighted by Gasteiger charge is 2.15. The number of hydrogen-bond donors (Lipinski definition) is 2. The summed E-state index contributed by atoms with van der Waals surface area (Å²) in [5.41, 5.74) is 0.939. The molecule has 8 nitrogen and oxygen atoms in total. The van der Waals surface area contributed by atoms with Gasteiger partial charge in [0.2, 0.25) is 5.91 Å². The molecule has 10 heteroatoms. The van der Waals surface area contributed by atoms with Crippen LogP contribution in [0, 0.1) is 5.82 Å². The molecule has 0 spiro atoms. The first-order valence-electron chi connectivity index (χ1n) is 8.95. The molecule has 0 bridgehead atoms. The predicted molar refractivity (Wildman–Crippen MR) is 111 cm³/mol. The number of para-hydroxylation sites is 1. The van der Waals surface area contributed by atoms with Gasteiger partial charge < -0.3 is 19.9 Å². The highest BCUT2D eigenvalue weighted by Crippen LogP contribution is 2.18. The summed E-state index contributed by atoms with van der Waals surface area (Å²) in [5, 5.41) is 14.1. The van der Waals surface area contributed by atoms with Gasteiger partial charge in [-0.1, -0.05) is 23.9 Å². The first-order valence-corrected chi connectivity index (χ1v) is 9.94. The van der Waals surface area contributed by atoms with Gasteiger partial charge in [-0.25, -0.2) is 4.39 Å². The zero-order valence-electron chi connectivity index (χ0n) is 16.4. The Labute approximate surface area is 176 Å². The molecule has 0 radical (unpaired) electrons. The Hall–Kier alpha value is -3.40. The Morgan fingerprint density at radius 1 is 1.13 bits per heavy atom. The maximum atomic E-state index is 12.9. The van der Waals surface area contributed by atoms with Gasteiger partial charge in [-0.3, -0.25) is 9.59 Å². The number of ether oxygens (including phenoxy) is 1. The van der Waals surface area contributed by atoms with E-state index >= 15 is 0 Å². The molecule has 0 aliphatic heterocycles. The van der Waals surface area contributed by atoms with Crippen LogP contribution in [-0.2, 0) is 18.4 Å². The average molecular weight is 429 g/mol. The zero-order chi connectivity index (χ0) is 21.5. The second-order valence-corrected chi connectivity index (χ2v) is 7.13. The van der Waals surface area contributed by atoms with Crippen LogP contribution in [-0.4, -0.2) is 39.4 Å². The van der Waals surface area contributed by atoms with E-state index in [2.05, 4.69) is 20.8 Å². The number of halogens is 1. The fourth-order valence-electron chi connectivity index (χ4n) is 2.57. The summed E-state index contributed by atoms with van der Waals surface area (Å²) in [6, 6.07) is 12.5. The standard InChI is InChI=1S/C20H20FN5O3S/c1-26-17(11-22-19(28)15-5-3-4-6-16(15)29-2)24-25-20(26)30-12-18(27)23-14-9-7-13(21)8-10-14/h3-10H,11-12H2,1-2H3,(H,22,28)(H,23,27). The molecule has 1 aromatic heterocycles. The maximum Gasteiger partial charge on any atom is 0.255 e. The Bertz CT molecular complexity index is 1040. The number of amides is 2. The van der Waals surface area contributed by atoms with E-state index in [9.17, 15) is 14.0 Å². The summed E-state index contributed by atoms with van der Waals surface area (Å²) in [6.07, 6.45) is 0. The van der Waals surface area contributed by atoms with E-state index < -0.39 is 0 Å². The molecule has 0 aliphatic carbocycles. The number of carbonyl (C=O) groups is 2. The summed E-state index contributed by atoms with van der Waals surface area (Å²) < 4.78 is 19.8. The smallest absolute Gasteiger partial charge is 0.255 e. The van der Waals surface area contributed by atoms with Crippen LogP contribution in [0.1, 0.15) is 16.2 Å². The largest absolute Gasteiger partial charge is 0.496 e. The van der Waals surface area contributed by atoms with Crippen molar-refractivity contribution in [2.24, 2.45) is 7.05 Å². The fraction of sp³-hybridized carbons (Fsp3) is 0.200. The van der Waals surface area contributed by atoms with Crippen LogP contribution >= 0.6 is 11.8 Å². The number of hydrogen-bond acceptors (Lipinski definition) is 6. The van der Waals surface area contributed by atoms with Crippen molar-refractivity contribution in [3.8, 4) is 5.75 Å². The SMILES string of the molecule is COc1ccccc1C(=O)NCc1nnc(SCC(=O)Nc2ccc(F)cc2)n1C. The minimum atomic E-state index is -0.369. The van der Waals surface area contributed by atoms with Crippen LogP contribution in [0.3, 0.4) is 0 Å². The van der Waals surface area contributed by atoms with E-state index in [1.807, 2.05) is 0 Å². The van der Waals surface area contributed by atoms with Crippen molar-refractivity contribution in [2.45, 2.75) is 11.7 Å². The predicted octanol–water partition coefficient (Wildman–Crippen LogP) is 2.62. The van der Waals surface area contributed by atoms with E-state index in [-0.39, 0.29) is 29.9 Å². The molecular weight excluding hydrogens is 409 g/mol. The van der Waals surface area contributed by atoms with Crippen LogP contribution in [0.2, 0.25) is 0 Å². The highest BCUT2D eigenvalue weighted by molar-refractivity contribution is 7.99. The van der Waals surface area contributed by atoms with Crippen molar-refractivity contribution >= 4 is 29.3 Å². The normalized spacial score (nSPS) is 10.5. The molecular formula is C20H20FN5O3S. The fourth-order valence-corrected chi connectivity index (χ4v) is 3.30. The number of rotatable bonds is 8. The summed E-state index contributed by atoms with van der Waals surface area (Å²) in [6.45, 7) is 0.169. The highest BCUT2D eigenvalue weighted by atomic mass is 32.2. The first-order chi connectivity index (χ1) is 14.5. The number of aromatic nitrogens is 3. The lowest BCUT2D eigenvalue weighted by atomic mass is 10.2. The number of anilines is 1. The summed E-state index contributed by atoms with van der Waals surface area (Å²) >= 11 is 1.21. The van der Waals surface area contributed by atoms with Crippen molar-refractivity contribution in [3.05, 3.63) is 65.7 Å². The van der Waals surface area contributed by atoms with Gasteiger partial charge in [0.05, 0.1) is 25.0 Å². The molecule has 3 rings (SSSR count). The molecule has 2 aromatic carbocycles. The van der Waals surface area contributed by atoms with Gasteiger partial charge in [0.1, 0.15) is 11.6 Å². The lowest BCUT2D eigenvalue weighted by molar-refractivity contribution is -0.113. The van der Waals surface area contributed by atoms with Crippen LogP contribution in [0.5, 0.6) is 5.75 Å². The third-order valence-electron chi connectivity index (χ3n) is 4.14. The number of nitrogens with one attached hydrogen (secondary N) is 2. The van der Waals surface area contributed by atoms with Gasteiger partial charge in [0, 0.05) is 12.7 Å². The van der Waals surface area contributed by atoms with Crippen molar-refractivity contribution in [1.29, 1.82) is 0 Å². The van der Waals surface area contributed by atoms with E-state index in [1.54, 1.807) is 35.9 Å². The number of methoxy groups -OCH3 is 1. The van der Waals surface area contributed by atoms with E-state index in [1.165, 1.54) is 43.1 Å². The van der Waals surface area contributed by atoms with Crippen LogP contribution < -0.4 is 15.4 Å². The Morgan fingerprint density at radius 2 is 1.87 bits per heavy atom. The Balaban J connectivity index is 1.53. The van der Waals surface area contributed by atoms with Crippen LogP contribution in [0.15, 0.2) is 53.7 Å². The number of benzene rings is 2. The van der Waals surface area contributed by atoms with Crippen molar-refractivity contribution in [3.63, 3.8) is 0 Å². The minimum absolute atomic E-state index is 0.108. The molecule has 0 unspecified atom stereocenters. The van der Waals surface area contributed by atoms with E-state index in [0.717, 1.165) is 0 Å². The Morgan fingerprint density at radius 3 is 2.60 bits per heavy atom. The molecule has 30 heavy (non-hydrogen) atoms. The first kappa shape index (κ1) is 21.3. The molecule has 156 valence electrons. The maximum absolute atomic E-state index is 12.9. The quantitative estimate of drug-likeness (QED) is 0.534. The summed E-state index contributed by atoms with van der Waals surface area (Å²) in [7, 11) is 3.26. The molecule has 0 atom stereocenters. The molecule has 0 aliphatic rings. The third-order valence-corrected chi connectivity index (χ3v) is 5.16. The summed E-state index contributed by atoms with van der Waals surface area (Å²) in [5.74, 6) is 0.225. The molecule has 1 heterocycles. The minimum Gasteiger partial charge on any atom is -0.496 e. The molecule has 2 N–H and O–H groups in total. The second-order valence-electron chi connectivity index (χ2n) is 6.18. The van der Waals surface area contributed by atoms with Crippen LogP contribution in [0.4, 0.5) is 10.1 Å². The number of thioether (sulfide) groups is 1. The van der Waals surface area contributed by atoms with Gasteiger partial charge in [0.15, 0.2) is 11.0 Å². The monoisotopic (exact) mass is 429 g/mol. The van der Waals surface area contributed by atoms with Gasteiger partial charge in [-0.05, 0) is 36.4 Å². The third kappa shape index (κ3) is 5.35. The second kappa shape index (κ2) is 9.88. The van der Waals surface area contributed by atoms with Gasteiger partial charge in [-0.2, -0.15) is 0 Å². The molecule has 0 saturated carbocycles. The summed E-state index contributed by atoms with van der Waals surface area (Å²) in [4.78, 5) is 24.5.